The van der Waals surface area contributed by atoms with Crippen LogP contribution in [0.5, 0.6) is 5.75 Å². The van der Waals surface area contributed by atoms with Gasteiger partial charge in [0.25, 0.3) is 0 Å². The average Bonchev–Trinajstić information content (AvgIpc) is 2.54. The van der Waals surface area contributed by atoms with Crippen LogP contribution in [0, 0.1) is 5.92 Å². The maximum Gasteiger partial charge on any atom is 0.150 e. The summed E-state index contributed by atoms with van der Waals surface area (Å²) in [5.74, 6) is 1.55. The van der Waals surface area contributed by atoms with Gasteiger partial charge in [0.05, 0.1) is 6.61 Å². The highest BCUT2D eigenvalue weighted by atomic mass is 16.5. The van der Waals surface area contributed by atoms with E-state index in [0.717, 1.165) is 35.8 Å². The highest BCUT2D eigenvalue weighted by Gasteiger charge is 2.07. The summed E-state index contributed by atoms with van der Waals surface area (Å²) in [6.45, 7) is 5.24. The van der Waals surface area contributed by atoms with E-state index in [1.54, 1.807) is 0 Å². The summed E-state index contributed by atoms with van der Waals surface area (Å²) in [4.78, 5) is 10.8. The fraction of sp³-hybridized carbons (Fsp3) is 0.421. The minimum atomic E-state index is 0.637. The highest BCUT2D eigenvalue weighted by Crippen LogP contribution is 2.23. The summed E-state index contributed by atoms with van der Waals surface area (Å²) in [5, 5.41) is 2.18. The van der Waals surface area contributed by atoms with Gasteiger partial charge in [0.1, 0.15) is 12.0 Å². The fourth-order valence-corrected chi connectivity index (χ4v) is 2.52. The zero-order valence-corrected chi connectivity index (χ0v) is 13.0. The van der Waals surface area contributed by atoms with E-state index in [4.69, 9.17) is 4.74 Å². The lowest BCUT2D eigenvalue weighted by molar-refractivity contribution is 0.112. The van der Waals surface area contributed by atoms with Gasteiger partial charge in [0.2, 0.25) is 0 Å². The van der Waals surface area contributed by atoms with Gasteiger partial charge in [-0.05, 0) is 41.3 Å². The minimum absolute atomic E-state index is 0.637. The Labute approximate surface area is 127 Å². The first-order valence-corrected chi connectivity index (χ1v) is 7.88. The molecule has 0 N–H and O–H groups in total. The molecule has 2 aromatic carbocycles. The summed E-state index contributed by atoms with van der Waals surface area (Å²) >= 11 is 0. The first-order chi connectivity index (χ1) is 10.3. The summed E-state index contributed by atoms with van der Waals surface area (Å²) in [6, 6.07) is 11.8. The molecule has 2 rings (SSSR count). The molecule has 2 aromatic rings. The summed E-state index contributed by atoms with van der Waals surface area (Å²) < 4.78 is 5.95. The smallest absolute Gasteiger partial charge is 0.150 e. The second-order valence-electron chi connectivity index (χ2n) is 5.61. The number of rotatable bonds is 8. The van der Waals surface area contributed by atoms with E-state index in [1.807, 2.05) is 30.3 Å². The molecular formula is C19H24O2. The number of aldehydes is 1. The number of ether oxygens (including phenoxy) is 1. The molecule has 0 bridgehead atoms. The molecule has 112 valence electrons. The Kier molecular flexibility index (Phi) is 5.79. The number of unbranched alkanes of at least 4 members (excludes halogenated alkanes) is 1. The fourth-order valence-electron chi connectivity index (χ4n) is 2.52. The normalized spacial score (nSPS) is 12.3. The van der Waals surface area contributed by atoms with Crippen molar-refractivity contribution in [2.75, 3.05) is 6.61 Å². The third-order valence-electron chi connectivity index (χ3n) is 4.00. The van der Waals surface area contributed by atoms with E-state index >= 15 is 0 Å². The molecule has 0 spiro atoms. The topological polar surface area (TPSA) is 26.3 Å². The Bertz CT molecular complexity index is 589. The summed E-state index contributed by atoms with van der Waals surface area (Å²) in [6.07, 6.45) is 5.79. The van der Waals surface area contributed by atoms with Crippen LogP contribution in [0.4, 0.5) is 0 Å². The molecule has 2 nitrogen and oxygen atoms in total. The number of hydrogen-bond donors (Lipinski definition) is 0. The molecule has 2 heteroatoms. The van der Waals surface area contributed by atoms with E-state index in [9.17, 15) is 4.79 Å². The predicted molar refractivity (Wildman–Crippen MR) is 88.1 cm³/mol. The van der Waals surface area contributed by atoms with Crippen molar-refractivity contribution >= 4 is 17.1 Å². The van der Waals surface area contributed by atoms with E-state index in [-0.39, 0.29) is 0 Å². The van der Waals surface area contributed by atoms with Crippen LogP contribution < -0.4 is 4.74 Å². The summed E-state index contributed by atoms with van der Waals surface area (Å²) in [7, 11) is 0. The van der Waals surface area contributed by atoms with Gasteiger partial charge >= 0.3 is 0 Å². The van der Waals surface area contributed by atoms with Gasteiger partial charge in [-0.2, -0.15) is 0 Å². The standard InChI is InChI=1S/C19H24O2/c1-3-5-6-15(4-2)14-21-19-10-9-17-11-16(13-20)7-8-18(17)12-19/h7-13,15H,3-6,14H2,1-2H3. The Morgan fingerprint density at radius 1 is 1.10 bits per heavy atom. The maximum absolute atomic E-state index is 10.8. The van der Waals surface area contributed by atoms with Gasteiger partial charge in [-0.3, -0.25) is 4.79 Å². The Hall–Kier alpha value is -1.83. The third-order valence-corrected chi connectivity index (χ3v) is 4.00. The van der Waals surface area contributed by atoms with Crippen molar-refractivity contribution in [3.63, 3.8) is 0 Å². The lowest BCUT2D eigenvalue weighted by Crippen LogP contribution is -2.11. The van der Waals surface area contributed by atoms with Gasteiger partial charge < -0.3 is 4.74 Å². The molecule has 0 saturated heterocycles. The van der Waals surface area contributed by atoms with Crippen molar-refractivity contribution in [3.05, 3.63) is 42.0 Å². The van der Waals surface area contributed by atoms with Gasteiger partial charge in [-0.1, -0.05) is 51.3 Å². The van der Waals surface area contributed by atoms with Gasteiger partial charge in [-0.25, -0.2) is 0 Å². The van der Waals surface area contributed by atoms with Crippen LogP contribution in [0.3, 0.4) is 0 Å². The van der Waals surface area contributed by atoms with Gasteiger partial charge in [0.15, 0.2) is 0 Å². The number of carbonyl (C=O) groups excluding carboxylic acids is 1. The van der Waals surface area contributed by atoms with E-state index < -0.39 is 0 Å². The first-order valence-electron chi connectivity index (χ1n) is 7.88. The van der Waals surface area contributed by atoms with E-state index in [1.165, 1.54) is 19.3 Å². The molecule has 21 heavy (non-hydrogen) atoms. The monoisotopic (exact) mass is 284 g/mol. The van der Waals surface area contributed by atoms with Crippen LogP contribution in [-0.4, -0.2) is 12.9 Å². The zero-order valence-electron chi connectivity index (χ0n) is 13.0. The van der Waals surface area contributed by atoms with Gasteiger partial charge in [0, 0.05) is 5.56 Å². The Morgan fingerprint density at radius 3 is 2.57 bits per heavy atom. The molecule has 0 heterocycles. The van der Waals surface area contributed by atoms with E-state index in [2.05, 4.69) is 19.9 Å². The second-order valence-corrected chi connectivity index (χ2v) is 5.61. The molecule has 0 fully saturated rings. The molecule has 0 saturated carbocycles. The Balaban J connectivity index is 2.03. The minimum Gasteiger partial charge on any atom is -0.493 e. The van der Waals surface area contributed by atoms with Crippen molar-refractivity contribution in [3.8, 4) is 5.75 Å². The third kappa shape index (κ3) is 4.32. The van der Waals surface area contributed by atoms with Crippen molar-refractivity contribution in [1.82, 2.24) is 0 Å². The predicted octanol–water partition coefficient (Wildman–Crippen LogP) is 5.25. The summed E-state index contributed by atoms with van der Waals surface area (Å²) in [5.41, 5.74) is 0.710. The van der Waals surface area contributed by atoms with Crippen molar-refractivity contribution in [2.45, 2.75) is 39.5 Å². The zero-order chi connectivity index (χ0) is 15.1. The van der Waals surface area contributed by atoms with Crippen LogP contribution in [-0.2, 0) is 0 Å². The molecule has 0 aromatic heterocycles. The van der Waals surface area contributed by atoms with Crippen molar-refractivity contribution in [2.24, 2.45) is 5.92 Å². The van der Waals surface area contributed by atoms with Crippen LogP contribution in [0.1, 0.15) is 49.9 Å². The maximum atomic E-state index is 10.8. The molecule has 1 atom stereocenters. The molecule has 0 aliphatic rings. The van der Waals surface area contributed by atoms with Gasteiger partial charge in [-0.15, -0.1) is 0 Å². The molecule has 0 radical (unpaired) electrons. The number of hydrogen-bond acceptors (Lipinski definition) is 2. The Morgan fingerprint density at radius 2 is 1.86 bits per heavy atom. The van der Waals surface area contributed by atoms with E-state index in [0.29, 0.717) is 11.5 Å². The molecular weight excluding hydrogens is 260 g/mol. The molecule has 0 aliphatic heterocycles. The largest absolute Gasteiger partial charge is 0.493 e. The first kappa shape index (κ1) is 15.6. The van der Waals surface area contributed by atoms with Crippen LogP contribution in [0.15, 0.2) is 36.4 Å². The molecule has 0 aliphatic carbocycles. The quantitative estimate of drug-likeness (QED) is 0.619. The number of benzene rings is 2. The molecule has 0 amide bonds. The lowest BCUT2D eigenvalue weighted by atomic mass is 10.0. The van der Waals surface area contributed by atoms with Crippen molar-refractivity contribution in [1.29, 1.82) is 0 Å². The number of fused-ring (bicyclic) bond motifs is 1. The highest BCUT2D eigenvalue weighted by molar-refractivity contribution is 5.89. The van der Waals surface area contributed by atoms with Crippen LogP contribution in [0.25, 0.3) is 10.8 Å². The van der Waals surface area contributed by atoms with Crippen LogP contribution in [0.2, 0.25) is 0 Å². The average molecular weight is 284 g/mol. The second kappa shape index (κ2) is 7.82. The number of carbonyl (C=O) groups is 1. The SMILES string of the molecule is CCCCC(CC)COc1ccc2cc(C=O)ccc2c1. The lowest BCUT2D eigenvalue weighted by Gasteiger charge is -2.15. The molecule has 1 unspecified atom stereocenters. The van der Waals surface area contributed by atoms with Crippen LogP contribution >= 0.6 is 0 Å². The van der Waals surface area contributed by atoms with Crippen molar-refractivity contribution < 1.29 is 9.53 Å².